The Kier molecular flexibility index (Phi) is 6.22. The Morgan fingerprint density at radius 3 is 2.34 bits per heavy atom. The average molecular weight is 406 g/mol. The van der Waals surface area contributed by atoms with E-state index in [0.717, 1.165) is 29.9 Å². The van der Waals surface area contributed by atoms with E-state index in [2.05, 4.69) is 10.6 Å². The van der Waals surface area contributed by atoms with E-state index in [-0.39, 0.29) is 24.4 Å². The maximum Gasteiger partial charge on any atom is 0.416 e. The number of quaternary nitrogens is 1. The predicted octanol–water partition coefficient (Wildman–Crippen LogP) is 2.25. The molecule has 2 aromatic carbocycles. The van der Waals surface area contributed by atoms with Crippen molar-refractivity contribution in [3.63, 3.8) is 0 Å². The number of carbonyl (C=O) groups excluding carboxylic acids is 2. The van der Waals surface area contributed by atoms with Crippen LogP contribution in [0.4, 0.5) is 18.9 Å². The van der Waals surface area contributed by atoms with Crippen LogP contribution < -0.4 is 15.5 Å². The Bertz CT molecular complexity index is 877. The first kappa shape index (κ1) is 20.9. The van der Waals surface area contributed by atoms with Gasteiger partial charge in [0.2, 0.25) is 0 Å². The maximum absolute atomic E-state index is 12.6. The molecule has 0 aliphatic heterocycles. The predicted molar refractivity (Wildman–Crippen MR) is 102 cm³/mol. The van der Waals surface area contributed by atoms with Crippen LogP contribution in [-0.2, 0) is 17.5 Å². The molecule has 1 unspecified atom stereocenters. The largest absolute Gasteiger partial charge is 0.416 e. The van der Waals surface area contributed by atoms with Crippen LogP contribution in [0.25, 0.3) is 0 Å². The molecule has 0 aromatic heterocycles. The molecular formula is C21H23F3N3O2+. The highest BCUT2D eigenvalue weighted by Crippen LogP contribution is 2.29. The number of nitrogens with one attached hydrogen (secondary N) is 3. The van der Waals surface area contributed by atoms with E-state index < -0.39 is 11.7 Å². The molecule has 1 aliphatic rings. The van der Waals surface area contributed by atoms with Crippen LogP contribution >= 0.6 is 0 Å². The van der Waals surface area contributed by atoms with Gasteiger partial charge in [0, 0.05) is 11.6 Å². The summed E-state index contributed by atoms with van der Waals surface area (Å²) < 4.78 is 37.9. The fourth-order valence-electron chi connectivity index (χ4n) is 2.97. The van der Waals surface area contributed by atoms with Crippen LogP contribution in [0.2, 0.25) is 0 Å². The first-order chi connectivity index (χ1) is 13.7. The third kappa shape index (κ3) is 6.05. The Labute approximate surface area is 166 Å². The van der Waals surface area contributed by atoms with Gasteiger partial charge in [-0.3, -0.25) is 9.59 Å². The summed E-state index contributed by atoms with van der Waals surface area (Å²) in [4.78, 5) is 25.5. The molecule has 154 valence electrons. The summed E-state index contributed by atoms with van der Waals surface area (Å²) in [5.41, 5.74) is 0.858. The van der Waals surface area contributed by atoms with Gasteiger partial charge in [0.15, 0.2) is 6.54 Å². The standard InChI is InChI=1S/C21H22F3N3O2/c1-27(12-14-6-8-15(9-7-14)21(22,23)24)13-19(28)26-18-5-3-2-4-17(18)20(29)25-16-10-11-16/h2-9,16H,10-13H2,1H3,(H,25,29)(H,26,28)/p+1. The first-order valence-corrected chi connectivity index (χ1v) is 9.39. The molecule has 3 N–H and O–H groups in total. The van der Waals surface area contributed by atoms with Gasteiger partial charge >= 0.3 is 6.18 Å². The number of hydrogen-bond acceptors (Lipinski definition) is 2. The number of para-hydroxylation sites is 1. The number of benzene rings is 2. The lowest BCUT2D eigenvalue weighted by Gasteiger charge is -2.16. The lowest BCUT2D eigenvalue weighted by Crippen LogP contribution is -3.08. The van der Waals surface area contributed by atoms with Crippen molar-refractivity contribution in [1.82, 2.24) is 5.32 Å². The van der Waals surface area contributed by atoms with Gasteiger partial charge in [-0.1, -0.05) is 24.3 Å². The van der Waals surface area contributed by atoms with Gasteiger partial charge in [-0.25, -0.2) is 0 Å². The van der Waals surface area contributed by atoms with Crippen molar-refractivity contribution >= 4 is 17.5 Å². The minimum atomic E-state index is -4.36. The molecule has 5 nitrogen and oxygen atoms in total. The fourth-order valence-corrected chi connectivity index (χ4v) is 2.97. The van der Waals surface area contributed by atoms with Gasteiger partial charge < -0.3 is 15.5 Å². The second-order valence-electron chi connectivity index (χ2n) is 7.35. The summed E-state index contributed by atoms with van der Waals surface area (Å²) in [6.07, 6.45) is -2.42. The molecule has 2 amide bonds. The molecule has 1 fully saturated rings. The number of rotatable bonds is 7. The first-order valence-electron chi connectivity index (χ1n) is 9.39. The van der Waals surface area contributed by atoms with E-state index in [0.29, 0.717) is 23.4 Å². The molecular weight excluding hydrogens is 383 g/mol. The van der Waals surface area contributed by atoms with Gasteiger partial charge in [-0.2, -0.15) is 13.2 Å². The van der Waals surface area contributed by atoms with Crippen LogP contribution in [-0.4, -0.2) is 31.4 Å². The van der Waals surface area contributed by atoms with Crippen molar-refractivity contribution in [2.45, 2.75) is 31.6 Å². The van der Waals surface area contributed by atoms with Gasteiger partial charge in [-0.05, 0) is 37.1 Å². The molecule has 29 heavy (non-hydrogen) atoms. The van der Waals surface area contributed by atoms with Gasteiger partial charge in [0.05, 0.1) is 23.9 Å². The summed E-state index contributed by atoms with van der Waals surface area (Å²) in [7, 11) is 1.78. The number of anilines is 1. The van der Waals surface area contributed by atoms with Crippen LogP contribution in [0.15, 0.2) is 48.5 Å². The molecule has 2 aromatic rings. The zero-order valence-electron chi connectivity index (χ0n) is 16.0. The Morgan fingerprint density at radius 1 is 1.07 bits per heavy atom. The quantitative estimate of drug-likeness (QED) is 0.661. The third-order valence-corrected chi connectivity index (χ3v) is 4.61. The van der Waals surface area contributed by atoms with Crippen molar-refractivity contribution in [2.75, 3.05) is 18.9 Å². The van der Waals surface area contributed by atoms with Gasteiger partial charge in [0.1, 0.15) is 6.54 Å². The van der Waals surface area contributed by atoms with Crippen LogP contribution in [0, 0.1) is 0 Å². The van der Waals surface area contributed by atoms with Gasteiger partial charge in [-0.15, -0.1) is 0 Å². The Morgan fingerprint density at radius 2 is 1.72 bits per heavy atom. The van der Waals surface area contributed by atoms with E-state index in [1.807, 2.05) is 0 Å². The molecule has 0 bridgehead atoms. The monoisotopic (exact) mass is 406 g/mol. The highest BCUT2D eigenvalue weighted by atomic mass is 19.4. The van der Waals surface area contributed by atoms with Crippen molar-refractivity contribution < 1.29 is 27.7 Å². The molecule has 3 rings (SSSR count). The summed E-state index contributed by atoms with van der Waals surface area (Å²) in [5, 5.41) is 5.66. The van der Waals surface area contributed by atoms with Crippen LogP contribution in [0.5, 0.6) is 0 Å². The topological polar surface area (TPSA) is 62.6 Å². The lowest BCUT2D eigenvalue weighted by molar-refractivity contribution is -0.885. The normalized spacial score (nSPS) is 14.9. The number of hydrogen-bond donors (Lipinski definition) is 3. The number of halogens is 3. The number of likely N-dealkylation sites (N-methyl/N-ethyl adjacent to an activating group) is 1. The molecule has 1 atom stereocenters. The second-order valence-corrected chi connectivity index (χ2v) is 7.35. The highest BCUT2D eigenvalue weighted by molar-refractivity contribution is 6.04. The molecule has 1 aliphatic carbocycles. The van der Waals surface area contributed by atoms with E-state index in [1.165, 1.54) is 12.1 Å². The Hall–Kier alpha value is -2.87. The molecule has 0 spiro atoms. The van der Waals surface area contributed by atoms with E-state index in [4.69, 9.17) is 0 Å². The molecule has 0 radical (unpaired) electrons. The number of amides is 2. The van der Waals surface area contributed by atoms with E-state index in [9.17, 15) is 22.8 Å². The molecule has 1 saturated carbocycles. The molecule has 8 heteroatoms. The maximum atomic E-state index is 12.6. The number of alkyl halides is 3. The minimum Gasteiger partial charge on any atom is -0.349 e. The summed E-state index contributed by atoms with van der Waals surface area (Å²) in [6, 6.07) is 11.9. The van der Waals surface area contributed by atoms with Crippen molar-refractivity contribution in [3.8, 4) is 0 Å². The SMILES string of the molecule is C[NH+](CC(=O)Nc1ccccc1C(=O)NC1CC1)Cc1ccc(C(F)(F)F)cc1. The van der Waals surface area contributed by atoms with Gasteiger partial charge in [0.25, 0.3) is 11.8 Å². The molecule has 0 heterocycles. The van der Waals surface area contributed by atoms with Crippen molar-refractivity contribution in [1.29, 1.82) is 0 Å². The zero-order chi connectivity index (χ0) is 21.0. The summed E-state index contributed by atoms with van der Waals surface area (Å²) >= 11 is 0. The summed E-state index contributed by atoms with van der Waals surface area (Å²) in [5.74, 6) is -0.491. The van der Waals surface area contributed by atoms with Crippen LogP contribution in [0.1, 0.15) is 34.3 Å². The third-order valence-electron chi connectivity index (χ3n) is 4.61. The Balaban J connectivity index is 1.56. The lowest BCUT2D eigenvalue weighted by atomic mass is 10.1. The molecule has 0 saturated heterocycles. The van der Waals surface area contributed by atoms with Crippen LogP contribution in [0.3, 0.4) is 0 Å². The minimum absolute atomic E-state index is 0.111. The number of carbonyl (C=O) groups is 2. The van der Waals surface area contributed by atoms with Crippen molar-refractivity contribution in [2.24, 2.45) is 0 Å². The fraction of sp³-hybridized carbons (Fsp3) is 0.333. The highest BCUT2D eigenvalue weighted by Gasteiger charge is 2.30. The zero-order valence-corrected chi connectivity index (χ0v) is 16.0. The smallest absolute Gasteiger partial charge is 0.349 e. The van der Waals surface area contributed by atoms with E-state index >= 15 is 0 Å². The van der Waals surface area contributed by atoms with Crippen molar-refractivity contribution in [3.05, 3.63) is 65.2 Å². The second kappa shape index (κ2) is 8.65. The average Bonchev–Trinajstić information content (AvgIpc) is 3.45. The summed E-state index contributed by atoms with van der Waals surface area (Å²) in [6.45, 7) is 0.509. The van der Waals surface area contributed by atoms with E-state index in [1.54, 1.807) is 31.3 Å².